The van der Waals surface area contributed by atoms with E-state index in [1.165, 1.54) is 109 Å². The Labute approximate surface area is 374 Å². The zero-order valence-electron chi connectivity index (χ0n) is 36.8. The zero-order chi connectivity index (χ0) is 42.8. The Morgan fingerprint density at radius 2 is 1.00 bits per heavy atom. The van der Waals surface area contributed by atoms with Crippen LogP contribution in [0.15, 0.2) is 188 Å². The molecule has 0 radical (unpaired) electrons. The minimum Gasteiger partial charge on any atom is -0.309 e. The lowest BCUT2D eigenvalue weighted by Gasteiger charge is -2.33. The van der Waals surface area contributed by atoms with Crippen LogP contribution in [0.3, 0.4) is 0 Å². The van der Waals surface area contributed by atoms with Crippen LogP contribution >= 0.6 is 11.3 Å². The Morgan fingerprint density at radius 3 is 1.73 bits per heavy atom. The van der Waals surface area contributed by atoms with Gasteiger partial charge in [-0.1, -0.05) is 187 Å². The molecule has 1 nitrogen and oxygen atoms in total. The monoisotopic (exact) mass is 827 g/mol. The third-order valence-electron chi connectivity index (χ3n) is 14.0. The van der Waals surface area contributed by atoms with Crippen LogP contribution in [0.1, 0.15) is 74.9 Å². The quantitative estimate of drug-likeness (QED) is 0.171. The number of rotatable bonds is 4. The summed E-state index contributed by atoms with van der Waals surface area (Å²) in [4.78, 5) is 2.56. The number of benzene rings is 9. The van der Waals surface area contributed by atoms with Gasteiger partial charge >= 0.3 is 0 Å². The number of hydrogen-bond donors (Lipinski definition) is 0. The molecule has 304 valence electrons. The van der Waals surface area contributed by atoms with Crippen LogP contribution in [-0.4, -0.2) is 0 Å². The van der Waals surface area contributed by atoms with Gasteiger partial charge in [-0.2, -0.15) is 0 Å². The van der Waals surface area contributed by atoms with Crippen molar-refractivity contribution < 1.29 is 0 Å². The van der Waals surface area contributed by atoms with Crippen molar-refractivity contribution in [3.05, 3.63) is 221 Å². The van der Waals surface area contributed by atoms with Gasteiger partial charge in [0, 0.05) is 31.4 Å². The standard InChI is InChI=1S/C61H49NS/c1-59(2,3)42-29-33-45-46-34-30-43(60(4,5)6)37-52(46)61(51(45)36-42)49-19-11-9-17-47(49)57-50(61)20-13-21-53(57)62(54-22-14-24-56-58(54)48-18-10-12-23-55(48)63-56)44-31-27-39(28-32-44)41-26-25-38-15-7-8-16-40(38)35-41/h7-37H,1-6H3. The molecule has 0 unspecified atom stereocenters. The molecule has 10 aromatic rings. The first kappa shape index (κ1) is 38.0. The molecule has 9 aromatic carbocycles. The van der Waals surface area contributed by atoms with Crippen LogP contribution in [0.2, 0.25) is 0 Å². The smallest absolute Gasteiger partial charge is 0.0726 e. The largest absolute Gasteiger partial charge is 0.309 e. The molecule has 1 heterocycles. The number of nitrogens with zero attached hydrogens (tertiary/aromatic N) is 1. The van der Waals surface area contributed by atoms with Crippen molar-refractivity contribution in [2.24, 2.45) is 0 Å². The van der Waals surface area contributed by atoms with E-state index in [9.17, 15) is 0 Å². The summed E-state index contributed by atoms with van der Waals surface area (Å²) in [6.07, 6.45) is 0. The molecule has 2 heteroatoms. The highest BCUT2D eigenvalue weighted by Gasteiger charge is 2.53. The van der Waals surface area contributed by atoms with Crippen molar-refractivity contribution in [1.82, 2.24) is 0 Å². The molecule has 2 aliphatic rings. The molecule has 0 amide bonds. The fourth-order valence-electron chi connectivity index (χ4n) is 10.9. The SMILES string of the molecule is CC(C)(C)c1ccc2c(c1)C1(c3cc(C(C)(C)C)ccc3-2)c2ccccc2-c2c(N(c3ccc(-c4ccc5ccccc5c4)cc3)c3cccc4sc5ccccc5c34)cccc21. The van der Waals surface area contributed by atoms with Gasteiger partial charge in [0.1, 0.15) is 0 Å². The molecule has 0 N–H and O–H groups in total. The number of hydrogen-bond acceptors (Lipinski definition) is 2. The Bertz CT molecular complexity index is 3410. The first-order chi connectivity index (χ1) is 30.5. The Kier molecular flexibility index (Phi) is 8.22. The summed E-state index contributed by atoms with van der Waals surface area (Å²) < 4.78 is 2.59. The average Bonchev–Trinajstić information content (AvgIpc) is 3.93. The molecule has 12 rings (SSSR count). The molecular weight excluding hydrogens is 779 g/mol. The third-order valence-corrected chi connectivity index (χ3v) is 15.1. The van der Waals surface area contributed by atoms with Gasteiger partial charge in [0.25, 0.3) is 0 Å². The summed E-state index contributed by atoms with van der Waals surface area (Å²) in [5.74, 6) is 0. The van der Waals surface area contributed by atoms with Gasteiger partial charge in [-0.25, -0.2) is 0 Å². The third kappa shape index (κ3) is 5.60. The van der Waals surface area contributed by atoms with Crippen molar-refractivity contribution in [2.45, 2.75) is 57.8 Å². The van der Waals surface area contributed by atoms with Gasteiger partial charge in [-0.05, 0) is 125 Å². The van der Waals surface area contributed by atoms with Crippen molar-refractivity contribution >= 4 is 59.3 Å². The van der Waals surface area contributed by atoms with Crippen LogP contribution < -0.4 is 4.90 Å². The Morgan fingerprint density at radius 1 is 0.413 bits per heavy atom. The zero-order valence-corrected chi connectivity index (χ0v) is 37.6. The van der Waals surface area contributed by atoms with Gasteiger partial charge in [0.15, 0.2) is 0 Å². The number of anilines is 3. The summed E-state index contributed by atoms with van der Waals surface area (Å²) in [7, 11) is 0. The molecule has 0 aliphatic heterocycles. The van der Waals surface area contributed by atoms with E-state index in [0.29, 0.717) is 0 Å². The summed E-state index contributed by atoms with van der Waals surface area (Å²) in [6, 6.07) is 71.6. The molecule has 0 saturated carbocycles. The van der Waals surface area contributed by atoms with Gasteiger partial charge in [0.05, 0.1) is 16.8 Å². The molecule has 63 heavy (non-hydrogen) atoms. The molecular formula is C61H49NS. The minimum atomic E-state index is -0.498. The van der Waals surface area contributed by atoms with Crippen molar-refractivity contribution in [3.63, 3.8) is 0 Å². The van der Waals surface area contributed by atoms with Gasteiger partial charge in [-0.3, -0.25) is 0 Å². The first-order valence-corrected chi connectivity index (χ1v) is 23.2. The fourth-order valence-corrected chi connectivity index (χ4v) is 12.0. The summed E-state index contributed by atoms with van der Waals surface area (Å²) >= 11 is 1.88. The summed E-state index contributed by atoms with van der Waals surface area (Å²) in [5.41, 5.74) is 18.9. The second kappa shape index (κ2) is 13.6. The Balaban J connectivity index is 1.15. The van der Waals surface area contributed by atoms with Crippen molar-refractivity contribution in [2.75, 3.05) is 4.90 Å². The summed E-state index contributed by atoms with van der Waals surface area (Å²) in [5, 5.41) is 5.09. The Hall–Kier alpha value is -6.74. The molecule has 0 saturated heterocycles. The molecule has 1 aromatic heterocycles. The first-order valence-electron chi connectivity index (χ1n) is 22.3. The minimum absolute atomic E-state index is 0.0117. The topological polar surface area (TPSA) is 3.24 Å². The van der Waals surface area contributed by atoms with E-state index in [1.54, 1.807) is 0 Å². The number of fused-ring (bicyclic) bond motifs is 14. The van der Waals surface area contributed by atoms with E-state index < -0.39 is 5.41 Å². The van der Waals surface area contributed by atoms with Crippen LogP contribution in [0.25, 0.3) is 64.3 Å². The van der Waals surface area contributed by atoms with Crippen molar-refractivity contribution in [1.29, 1.82) is 0 Å². The fraction of sp³-hybridized carbons (Fsp3) is 0.148. The number of thiophene rings is 1. The molecule has 0 fully saturated rings. The highest BCUT2D eigenvalue weighted by Crippen LogP contribution is 2.65. The lowest BCUT2D eigenvalue weighted by Crippen LogP contribution is -2.27. The highest BCUT2D eigenvalue weighted by molar-refractivity contribution is 7.26. The highest BCUT2D eigenvalue weighted by atomic mass is 32.1. The lowest BCUT2D eigenvalue weighted by atomic mass is 9.69. The predicted molar refractivity (Wildman–Crippen MR) is 271 cm³/mol. The maximum atomic E-state index is 2.56. The van der Waals surface area contributed by atoms with Crippen LogP contribution in [0.4, 0.5) is 17.1 Å². The van der Waals surface area contributed by atoms with Gasteiger partial charge in [0.2, 0.25) is 0 Å². The summed E-state index contributed by atoms with van der Waals surface area (Å²) in [6.45, 7) is 14.0. The van der Waals surface area contributed by atoms with E-state index in [4.69, 9.17) is 0 Å². The van der Waals surface area contributed by atoms with Crippen LogP contribution in [0.5, 0.6) is 0 Å². The van der Waals surface area contributed by atoms with Gasteiger partial charge in [-0.15, -0.1) is 11.3 Å². The predicted octanol–water partition coefficient (Wildman–Crippen LogP) is 17.3. The molecule has 0 bridgehead atoms. The van der Waals surface area contributed by atoms with Crippen LogP contribution in [0, 0.1) is 0 Å². The van der Waals surface area contributed by atoms with E-state index >= 15 is 0 Å². The second-order valence-electron chi connectivity index (χ2n) is 19.7. The van der Waals surface area contributed by atoms with E-state index in [0.717, 1.165) is 5.69 Å². The van der Waals surface area contributed by atoms with E-state index in [-0.39, 0.29) is 10.8 Å². The molecule has 0 atom stereocenters. The van der Waals surface area contributed by atoms with Crippen molar-refractivity contribution in [3.8, 4) is 33.4 Å². The second-order valence-corrected chi connectivity index (χ2v) is 20.8. The molecule has 2 aliphatic carbocycles. The molecule has 1 spiro atoms. The maximum Gasteiger partial charge on any atom is 0.0726 e. The normalized spacial score (nSPS) is 13.7. The lowest BCUT2D eigenvalue weighted by molar-refractivity contribution is 0.586. The van der Waals surface area contributed by atoms with E-state index in [2.05, 4.69) is 234 Å². The average molecular weight is 828 g/mol. The van der Waals surface area contributed by atoms with Gasteiger partial charge < -0.3 is 4.90 Å². The van der Waals surface area contributed by atoms with E-state index in [1.807, 2.05) is 11.3 Å². The maximum absolute atomic E-state index is 2.56. The van der Waals surface area contributed by atoms with Crippen LogP contribution in [-0.2, 0) is 16.2 Å².